The molecule has 1 rings (SSSR count). The van der Waals surface area contributed by atoms with Gasteiger partial charge in [0.15, 0.2) is 0 Å². The van der Waals surface area contributed by atoms with Gasteiger partial charge >= 0.3 is 11.9 Å². The predicted molar refractivity (Wildman–Crippen MR) is 63.7 cm³/mol. The summed E-state index contributed by atoms with van der Waals surface area (Å²) in [5.74, 6) is -3.10. The molecule has 18 heavy (non-hydrogen) atoms. The fourth-order valence-corrected chi connectivity index (χ4v) is 1.70. The van der Waals surface area contributed by atoms with E-state index in [9.17, 15) is 14.4 Å². The summed E-state index contributed by atoms with van der Waals surface area (Å²) in [4.78, 5) is 33.9. The first-order valence-corrected chi connectivity index (χ1v) is 5.59. The summed E-state index contributed by atoms with van der Waals surface area (Å²) in [6.45, 7) is 3.64. The molecular formula is C13H14O5. The molecule has 0 aliphatic carbocycles. The van der Waals surface area contributed by atoms with Crippen LogP contribution in [0.15, 0.2) is 18.2 Å². The molecule has 0 saturated heterocycles. The van der Waals surface area contributed by atoms with Gasteiger partial charge in [0.25, 0.3) is 5.78 Å². The molecule has 0 aromatic heterocycles. The van der Waals surface area contributed by atoms with Crippen LogP contribution in [0.25, 0.3) is 0 Å². The zero-order valence-corrected chi connectivity index (χ0v) is 10.2. The number of Topliss-reactive ketones (excluding diaryl/α,β-unsaturated/α-hetero) is 1. The second-order valence-corrected chi connectivity index (χ2v) is 3.54. The highest BCUT2D eigenvalue weighted by molar-refractivity contribution is 6.40. The van der Waals surface area contributed by atoms with E-state index < -0.39 is 17.7 Å². The first kappa shape index (κ1) is 13.9. The van der Waals surface area contributed by atoms with Gasteiger partial charge in [-0.25, -0.2) is 9.59 Å². The minimum absolute atomic E-state index is 0.0375. The van der Waals surface area contributed by atoms with Crippen molar-refractivity contribution in [2.45, 2.75) is 20.3 Å². The van der Waals surface area contributed by atoms with Gasteiger partial charge in [0.1, 0.15) is 0 Å². The summed E-state index contributed by atoms with van der Waals surface area (Å²) in [6, 6.07) is 4.40. The Morgan fingerprint density at radius 3 is 2.28 bits per heavy atom. The highest BCUT2D eigenvalue weighted by Crippen LogP contribution is 2.17. The molecule has 1 aromatic rings. The molecule has 0 amide bonds. The summed E-state index contributed by atoms with van der Waals surface area (Å²) < 4.78 is 4.87. The van der Waals surface area contributed by atoms with Crippen molar-refractivity contribution in [1.29, 1.82) is 0 Å². The Morgan fingerprint density at radius 2 is 1.78 bits per heavy atom. The average molecular weight is 250 g/mol. The highest BCUT2D eigenvalue weighted by atomic mass is 16.5. The van der Waals surface area contributed by atoms with Gasteiger partial charge in [-0.15, -0.1) is 0 Å². The minimum atomic E-state index is -1.54. The summed E-state index contributed by atoms with van der Waals surface area (Å²) in [6.07, 6.45) is 0.378. The zero-order chi connectivity index (χ0) is 13.7. The van der Waals surface area contributed by atoms with Crippen molar-refractivity contribution in [2.75, 3.05) is 6.61 Å². The molecule has 0 radical (unpaired) electrons. The van der Waals surface area contributed by atoms with E-state index >= 15 is 0 Å². The van der Waals surface area contributed by atoms with Gasteiger partial charge in [0.05, 0.1) is 12.2 Å². The highest BCUT2D eigenvalue weighted by Gasteiger charge is 2.22. The van der Waals surface area contributed by atoms with E-state index in [4.69, 9.17) is 9.84 Å². The van der Waals surface area contributed by atoms with Crippen LogP contribution in [0.5, 0.6) is 0 Å². The molecular weight excluding hydrogens is 236 g/mol. The Morgan fingerprint density at radius 1 is 1.17 bits per heavy atom. The third-order valence-corrected chi connectivity index (χ3v) is 2.46. The molecule has 0 saturated carbocycles. The number of esters is 1. The number of ketones is 1. The molecule has 0 bridgehead atoms. The number of ether oxygens (including phenoxy) is 1. The molecule has 1 aromatic carbocycles. The number of carbonyl (C=O) groups excluding carboxylic acids is 2. The third kappa shape index (κ3) is 2.74. The fourth-order valence-electron chi connectivity index (χ4n) is 1.70. The third-order valence-electron chi connectivity index (χ3n) is 2.46. The number of aliphatic carboxylic acids is 1. The van der Waals surface area contributed by atoms with E-state index in [-0.39, 0.29) is 17.7 Å². The Bertz CT molecular complexity index is 490. The molecule has 0 aliphatic rings. The van der Waals surface area contributed by atoms with Gasteiger partial charge in [-0.2, -0.15) is 0 Å². The van der Waals surface area contributed by atoms with E-state index in [0.29, 0.717) is 12.0 Å². The van der Waals surface area contributed by atoms with Crippen LogP contribution in [-0.2, 0) is 16.0 Å². The van der Waals surface area contributed by atoms with Crippen molar-refractivity contribution < 1.29 is 24.2 Å². The van der Waals surface area contributed by atoms with Gasteiger partial charge in [-0.1, -0.05) is 19.1 Å². The number of carbonyl (C=O) groups is 3. The molecule has 0 spiro atoms. The first-order valence-electron chi connectivity index (χ1n) is 5.59. The molecule has 5 heteroatoms. The summed E-state index contributed by atoms with van der Waals surface area (Å²) in [7, 11) is 0. The van der Waals surface area contributed by atoms with Crippen LogP contribution < -0.4 is 0 Å². The van der Waals surface area contributed by atoms with E-state index in [1.54, 1.807) is 13.8 Å². The molecule has 0 atom stereocenters. The van der Waals surface area contributed by atoms with Crippen LogP contribution in [0.1, 0.15) is 40.1 Å². The van der Waals surface area contributed by atoms with Gasteiger partial charge in [0.2, 0.25) is 0 Å². The van der Waals surface area contributed by atoms with Gasteiger partial charge in [-0.05, 0) is 25.0 Å². The van der Waals surface area contributed by atoms with E-state index in [0.717, 1.165) is 0 Å². The van der Waals surface area contributed by atoms with E-state index in [1.165, 1.54) is 18.2 Å². The molecule has 96 valence electrons. The predicted octanol–water partition coefficient (Wildman–Crippen LogP) is 1.69. The molecule has 0 fully saturated rings. The standard InChI is InChI=1S/C13H14O5/c1-3-8-9(11(14)12(15)16)6-5-7-10(8)13(17)18-4-2/h5-7H,3-4H2,1-2H3,(H,15,16). The monoisotopic (exact) mass is 250 g/mol. The van der Waals surface area contributed by atoms with Crippen LogP contribution in [0.2, 0.25) is 0 Å². The maximum Gasteiger partial charge on any atom is 0.377 e. The smallest absolute Gasteiger partial charge is 0.377 e. The van der Waals surface area contributed by atoms with E-state index in [2.05, 4.69) is 0 Å². The molecule has 0 unspecified atom stereocenters. The second kappa shape index (κ2) is 5.95. The molecule has 5 nitrogen and oxygen atoms in total. The Labute approximate surface area is 104 Å². The van der Waals surface area contributed by atoms with Crippen molar-refractivity contribution in [3.05, 3.63) is 34.9 Å². The number of carboxylic acids is 1. The maximum atomic E-state index is 11.7. The lowest BCUT2D eigenvalue weighted by Gasteiger charge is -2.10. The van der Waals surface area contributed by atoms with Gasteiger partial charge in [-0.3, -0.25) is 4.79 Å². The SMILES string of the molecule is CCOC(=O)c1cccc(C(=O)C(=O)O)c1CC. The Balaban J connectivity index is 3.30. The number of benzene rings is 1. The Hall–Kier alpha value is -2.17. The summed E-state index contributed by atoms with van der Waals surface area (Å²) in [5, 5.41) is 8.72. The Kier molecular flexibility index (Phi) is 4.59. The van der Waals surface area contributed by atoms with E-state index in [1.807, 2.05) is 0 Å². The van der Waals surface area contributed by atoms with Crippen molar-refractivity contribution in [3.8, 4) is 0 Å². The van der Waals surface area contributed by atoms with Crippen LogP contribution in [-0.4, -0.2) is 29.4 Å². The number of carboxylic acid groups (broad SMARTS) is 1. The van der Waals surface area contributed by atoms with Crippen LogP contribution >= 0.6 is 0 Å². The normalized spacial score (nSPS) is 9.89. The number of hydrogen-bond donors (Lipinski definition) is 1. The van der Waals surface area contributed by atoms with Crippen molar-refractivity contribution >= 4 is 17.7 Å². The molecule has 0 heterocycles. The fraction of sp³-hybridized carbons (Fsp3) is 0.308. The lowest BCUT2D eigenvalue weighted by molar-refractivity contribution is -0.131. The molecule has 1 N–H and O–H groups in total. The second-order valence-electron chi connectivity index (χ2n) is 3.54. The minimum Gasteiger partial charge on any atom is -0.475 e. The van der Waals surface area contributed by atoms with Crippen LogP contribution in [0.3, 0.4) is 0 Å². The van der Waals surface area contributed by atoms with Crippen molar-refractivity contribution in [2.24, 2.45) is 0 Å². The largest absolute Gasteiger partial charge is 0.475 e. The van der Waals surface area contributed by atoms with Gasteiger partial charge < -0.3 is 9.84 Å². The first-order chi connectivity index (χ1) is 8.52. The van der Waals surface area contributed by atoms with Crippen LogP contribution in [0, 0.1) is 0 Å². The number of rotatable bonds is 5. The number of hydrogen-bond acceptors (Lipinski definition) is 4. The van der Waals surface area contributed by atoms with Crippen molar-refractivity contribution in [3.63, 3.8) is 0 Å². The van der Waals surface area contributed by atoms with Crippen molar-refractivity contribution in [1.82, 2.24) is 0 Å². The summed E-state index contributed by atoms with van der Waals surface area (Å²) >= 11 is 0. The topological polar surface area (TPSA) is 80.7 Å². The summed E-state index contributed by atoms with van der Waals surface area (Å²) in [5.41, 5.74) is 0.686. The van der Waals surface area contributed by atoms with Crippen LogP contribution in [0.4, 0.5) is 0 Å². The maximum absolute atomic E-state index is 11.7. The lowest BCUT2D eigenvalue weighted by atomic mass is 9.96. The molecule has 0 aliphatic heterocycles. The lowest BCUT2D eigenvalue weighted by Crippen LogP contribution is -2.17. The quantitative estimate of drug-likeness (QED) is 0.488. The zero-order valence-electron chi connectivity index (χ0n) is 10.2. The van der Waals surface area contributed by atoms with Gasteiger partial charge in [0, 0.05) is 5.56 Å². The average Bonchev–Trinajstić information content (AvgIpc) is 2.36.